The van der Waals surface area contributed by atoms with E-state index in [4.69, 9.17) is 4.74 Å². The lowest BCUT2D eigenvalue weighted by Gasteiger charge is -2.12. The van der Waals surface area contributed by atoms with Crippen molar-refractivity contribution in [2.45, 2.75) is 45.8 Å². The third-order valence-electron chi connectivity index (χ3n) is 2.50. The van der Waals surface area contributed by atoms with Crippen LogP contribution in [-0.4, -0.2) is 24.2 Å². The van der Waals surface area contributed by atoms with Gasteiger partial charge in [0.2, 0.25) is 0 Å². The van der Waals surface area contributed by atoms with Gasteiger partial charge in [-0.2, -0.15) is 0 Å². The molecule has 3 heteroatoms. The zero-order chi connectivity index (χ0) is 12.0. The van der Waals surface area contributed by atoms with E-state index >= 15 is 0 Å². The van der Waals surface area contributed by atoms with E-state index in [1.54, 1.807) is 6.20 Å². The van der Waals surface area contributed by atoms with Crippen molar-refractivity contribution in [3.8, 4) is 5.75 Å². The van der Waals surface area contributed by atoms with E-state index in [1.807, 2.05) is 27.1 Å². The molecule has 90 valence electrons. The molecule has 0 aliphatic carbocycles. The van der Waals surface area contributed by atoms with Crippen LogP contribution in [0.5, 0.6) is 5.75 Å². The summed E-state index contributed by atoms with van der Waals surface area (Å²) in [5.41, 5.74) is 1.24. The number of aromatic nitrogens is 1. The van der Waals surface area contributed by atoms with Crippen molar-refractivity contribution < 1.29 is 4.74 Å². The Bertz CT molecular complexity index is 313. The molecule has 1 unspecified atom stereocenters. The van der Waals surface area contributed by atoms with E-state index in [2.05, 4.69) is 23.3 Å². The average molecular weight is 222 g/mol. The number of nitrogens with zero attached hydrogens (tertiary/aromatic N) is 1. The molecule has 16 heavy (non-hydrogen) atoms. The normalized spacial score (nSPS) is 12.8. The molecule has 1 heterocycles. The van der Waals surface area contributed by atoms with Crippen LogP contribution in [0.1, 0.15) is 32.8 Å². The molecular formula is C13H22N2O. The third kappa shape index (κ3) is 4.62. The molecule has 1 N–H and O–H groups in total. The quantitative estimate of drug-likeness (QED) is 0.802. The van der Waals surface area contributed by atoms with Crippen molar-refractivity contribution in [3.63, 3.8) is 0 Å². The third-order valence-corrected chi connectivity index (χ3v) is 2.50. The molecular weight excluding hydrogens is 200 g/mol. The number of rotatable bonds is 6. The Morgan fingerprint density at radius 2 is 2.06 bits per heavy atom. The molecule has 0 amide bonds. The highest BCUT2D eigenvalue weighted by atomic mass is 16.5. The summed E-state index contributed by atoms with van der Waals surface area (Å²) in [6, 6.07) is 2.62. The first-order chi connectivity index (χ1) is 7.61. The molecule has 1 rings (SSSR count). The van der Waals surface area contributed by atoms with E-state index in [9.17, 15) is 0 Å². The van der Waals surface area contributed by atoms with Gasteiger partial charge in [-0.1, -0.05) is 0 Å². The van der Waals surface area contributed by atoms with Crippen molar-refractivity contribution in [1.29, 1.82) is 0 Å². The molecule has 3 nitrogen and oxygen atoms in total. The van der Waals surface area contributed by atoms with Gasteiger partial charge in [-0.3, -0.25) is 4.98 Å². The highest BCUT2D eigenvalue weighted by Crippen LogP contribution is 2.14. The van der Waals surface area contributed by atoms with Gasteiger partial charge in [0.05, 0.1) is 12.3 Å². The van der Waals surface area contributed by atoms with Crippen LogP contribution in [0.2, 0.25) is 0 Å². The first-order valence-electron chi connectivity index (χ1n) is 5.89. The zero-order valence-corrected chi connectivity index (χ0v) is 10.7. The van der Waals surface area contributed by atoms with E-state index in [0.717, 1.165) is 18.6 Å². The first-order valence-corrected chi connectivity index (χ1v) is 5.89. The molecule has 0 saturated carbocycles. The Balaban J connectivity index is 2.53. The number of hydrogen-bond acceptors (Lipinski definition) is 3. The van der Waals surface area contributed by atoms with Gasteiger partial charge in [0.15, 0.2) is 0 Å². The number of pyridine rings is 1. The van der Waals surface area contributed by atoms with Gasteiger partial charge in [0, 0.05) is 12.2 Å². The summed E-state index contributed by atoms with van der Waals surface area (Å²) in [4.78, 5) is 4.20. The maximum atomic E-state index is 5.61. The highest BCUT2D eigenvalue weighted by Gasteiger charge is 2.02. The predicted molar refractivity (Wildman–Crippen MR) is 66.8 cm³/mol. The summed E-state index contributed by atoms with van der Waals surface area (Å²) in [5, 5.41) is 3.23. The van der Waals surface area contributed by atoms with Crippen molar-refractivity contribution in [3.05, 3.63) is 24.0 Å². The summed E-state index contributed by atoms with van der Waals surface area (Å²) in [5.74, 6) is 0.865. The van der Waals surface area contributed by atoms with Crippen LogP contribution in [0, 0.1) is 0 Å². The number of hydrogen-bond donors (Lipinski definition) is 1. The fourth-order valence-electron chi connectivity index (χ4n) is 1.46. The van der Waals surface area contributed by atoms with Crippen LogP contribution in [0.4, 0.5) is 0 Å². The van der Waals surface area contributed by atoms with Crippen LogP contribution < -0.4 is 10.1 Å². The molecule has 1 aromatic heterocycles. The largest absolute Gasteiger partial charge is 0.489 e. The Labute approximate surface area is 98.2 Å². The minimum atomic E-state index is 0.202. The number of nitrogens with one attached hydrogen (secondary N) is 1. The van der Waals surface area contributed by atoms with Crippen LogP contribution in [0.3, 0.4) is 0 Å². The maximum Gasteiger partial charge on any atom is 0.138 e. The molecule has 0 aliphatic heterocycles. The van der Waals surface area contributed by atoms with Gasteiger partial charge in [0.25, 0.3) is 0 Å². The van der Waals surface area contributed by atoms with Gasteiger partial charge in [-0.05, 0) is 52.3 Å². The maximum absolute atomic E-state index is 5.61. The second kappa shape index (κ2) is 6.48. The topological polar surface area (TPSA) is 34.2 Å². The van der Waals surface area contributed by atoms with Crippen LogP contribution in [-0.2, 0) is 6.42 Å². The molecule has 1 aromatic rings. The lowest BCUT2D eigenvalue weighted by atomic mass is 10.1. The molecule has 0 saturated heterocycles. The SMILES string of the molecule is CNC(C)CCc1cncc(OC(C)C)c1. The Kier molecular flexibility index (Phi) is 5.26. The number of aryl methyl sites for hydroxylation is 1. The Morgan fingerprint density at radius 1 is 1.31 bits per heavy atom. The standard InChI is InChI=1S/C13H22N2O/c1-10(2)16-13-7-12(8-15-9-13)6-5-11(3)14-4/h7-11,14H,5-6H2,1-4H3. The smallest absolute Gasteiger partial charge is 0.138 e. The Morgan fingerprint density at radius 3 is 2.69 bits per heavy atom. The van der Waals surface area contributed by atoms with Gasteiger partial charge in [-0.15, -0.1) is 0 Å². The molecule has 0 radical (unpaired) electrons. The minimum Gasteiger partial charge on any atom is -0.489 e. The van der Waals surface area contributed by atoms with Crippen molar-refractivity contribution in [2.24, 2.45) is 0 Å². The molecule has 0 aliphatic rings. The lowest BCUT2D eigenvalue weighted by Crippen LogP contribution is -2.21. The van der Waals surface area contributed by atoms with Crippen molar-refractivity contribution >= 4 is 0 Å². The predicted octanol–water partition coefficient (Wildman–Crippen LogP) is 2.41. The molecule has 1 atom stereocenters. The van der Waals surface area contributed by atoms with Crippen LogP contribution in [0.15, 0.2) is 18.5 Å². The first kappa shape index (κ1) is 13.0. The van der Waals surface area contributed by atoms with Crippen LogP contribution >= 0.6 is 0 Å². The summed E-state index contributed by atoms with van der Waals surface area (Å²) in [6.07, 6.45) is 6.03. The second-order valence-corrected chi connectivity index (χ2v) is 4.42. The molecule has 0 bridgehead atoms. The van der Waals surface area contributed by atoms with E-state index in [1.165, 1.54) is 5.56 Å². The van der Waals surface area contributed by atoms with Gasteiger partial charge in [0.1, 0.15) is 5.75 Å². The summed E-state index contributed by atoms with van der Waals surface area (Å²) in [7, 11) is 1.99. The van der Waals surface area contributed by atoms with Crippen molar-refractivity contribution in [1.82, 2.24) is 10.3 Å². The fraction of sp³-hybridized carbons (Fsp3) is 0.615. The summed E-state index contributed by atoms with van der Waals surface area (Å²) in [6.45, 7) is 6.23. The van der Waals surface area contributed by atoms with E-state index in [0.29, 0.717) is 6.04 Å². The molecule has 0 aromatic carbocycles. The Hall–Kier alpha value is -1.09. The monoisotopic (exact) mass is 222 g/mol. The highest BCUT2D eigenvalue weighted by molar-refractivity contribution is 5.23. The average Bonchev–Trinajstić information content (AvgIpc) is 2.25. The van der Waals surface area contributed by atoms with E-state index < -0.39 is 0 Å². The second-order valence-electron chi connectivity index (χ2n) is 4.42. The summed E-state index contributed by atoms with van der Waals surface area (Å²) < 4.78 is 5.61. The van der Waals surface area contributed by atoms with E-state index in [-0.39, 0.29) is 6.10 Å². The molecule has 0 fully saturated rings. The summed E-state index contributed by atoms with van der Waals surface area (Å²) >= 11 is 0. The molecule has 0 spiro atoms. The fourth-order valence-corrected chi connectivity index (χ4v) is 1.46. The van der Waals surface area contributed by atoms with Crippen molar-refractivity contribution in [2.75, 3.05) is 7.05 Å². The lowest BCUT2D eigenvalue weighted by molar-refractivity contribution is 0.241. The van der Waals surface area contributed by atoms with Gasteiger partial charge < -0.3 is 10.1 Å². The number of ether oxygens (including phenoxy) is 1. The van der Waals surface area contributed by atoms with Crippen LogP contribution in [0.25, 0.3) is 0 Å². The minimum absolute atomic E-state index is 0.202. The van der Waals surface area contributed by atoms with Gasteiger partial charge >= 0.3 is 0 Å². The zero-order valence-electron chi connectivity index (χ0n) is 10.7. The van der Waals surface area contributed by atoms with Gasteiger partial charge in [-0.25, -0.2) is 0 Å².